The molecule has 2 aliphatic heterocycles. The number of aliphatic hydroxyl groups is 1. The fraction of sp³-hybridized carbons (Fsp3) is 0.941. The lowest BCUT2D eigenvalue weighted by Crippen LogP contribution is -2.62. The number of rotatable bonds is 1. The average Bonchev–Trinajstić information content (AvgIpc) is 2.79. The molecule has 7 atom stereocenters. The standard InChI is InChI=1S/C17H28ClN3O/c18-10-5-6-15-13(9-10)17(22,16(19)21-15)12-7-8-20-14-4-2-1-3-11(12)14/h10-15,20,22H,1-9H2,(H2,19,21). The molecule has 0 radical (unpaired) electrons. The maximum absolute atomic E-state index is 11.7. The Hall–Kier alpha value is -0.320. The van der Waals surface area contributed by atoms with E-state index in [-0.39, 0.29) is 23.3 Å². The van der Waals surface area contributed by atoms with Crippen molar-refractivity contribution >= 4 is 17.4 Å². The number of fused-ring (bicyclic) bond motifs is 2. The minimum atomic E-state index is -0.916. The third-order valence-corrected chi connectivity index (χ3v) is 7.19. The van der Waals surface area contributed by atoms with E-state index in [4.69, 9.17) is 17.3 Å². The van der Waals surface area contributed by atoms with Gasteiger partial charge in [-0.15, -0.1) is 11.6 Å². The lowest BCUT2D eigenvalue weighted by atomic mass is 9.60. The predicted octanol–water partition coefficient (Wildman–Crippen LogP) is 2.03. The molecule has 3 fully saturated rings. The Balaban J connectivity index is 1.65. The first-order valence-corrected chi connectivity index (χ1v) is 9.48. The summed E-state index contributed by atoms with van der Waals surface area (Å²) in [5, 5.41) is 15.5. The zero-order valence-electron chi connectivity index (χ0n) is 13.2. The first-order valence-electron chi connectivity index (χ1n) is 9.04. The van der Waals surface area contributed by atoms with E-state index in [9.17, 15) is 5.11 Å². The number of nitrogens with zero attached hydrogens (tertiary/aromatic N) is 1. The first-order chi connectivity index (χ1) is 10.6. The van der Waals surface area contributed by atoms with Crippen molar-refractivity contribution in [3.63, 3.8) is 0 Å². The van der Waals surface area contributed by atoms with Crippen LogP contribution in [0.1, 0.15) is 51.4 Å². The van der Waals surface area contributed by atoms with Crippen LogP contribution >= 0.6 is 11.6 Å². The largest absolute Gasteiger partial charge is 0.385 e. The molecule has 22 heavy (non-hydrogen) atoms. The van der Waals surface area contributed by atoms with Gasteiger partial charge in [0.05, 0.1) is 6.04 Å². The Labute approximate surface area is 137 Å². The fourth-order valence-electron chi connectivity index (χ4n) is 5.75. The number of aliphatic imine (C=N–C) groups is 1. The van der Waals surface area contributed by atoms with Gasteiger partial charge in [0.15, 0.2) is 0 Å². The van der Waals surface area contributed by atoms with Crippen LogP contribution in [0.2, 0.25) is 0 Å². The van der Waals surface area contributed by atoms with Gasteiger partial charge in [-0.25, -0.2) is 0 Å². The second-order valence-corrected chi connectivity index (χ2v) is 8.45. The molecule has 2 saturated carbocycles. The normalized spacial score (nSPS) is 51.8. The van der Waals surface area contributed by atoms with Crippen molar-refractivity contribution in [1.29, 1.82) is 0 Å². The highest BCUT2D eigenvalue weighted by atomic mass is 35.5. The van der Waals surface area contributed by atoms with Crippen molar-refractivity contribution in [2.45, 2.75) is 74.4 Å². The molecule has 4 rings (SSSR count). The van der Waals surface area contributed by atoms with Crippen molar-refractivity contribution in [1.82, 2.24) is 5.32 Å². The molecule has 0 spiro atoms. The van der Waals surface area contributed by atoms with Crippen molar-refractivity contribution in [3.8, 4) is 0 Å². The molecule has 0 aromatic rings. The molecule has 1 saturated heterocycles. The topological polar surface area (TPSA) is 70.6 Å². The van der Waals surface area contributed by atoms with E-state index < -0.39 is 5.60 Å². The zero-order valence-corrected chi connectivity index (χ0v) is 13.9. The van der Waals surface area contributed by atoms with E-state index in [0.717, 1.165) is 32.2 Å². The van der Waals surface area contributed by atoms with Gasteiger partial charge in [0.1, 0.15) is 11.4 Å². The smallest absolute Gasteiger partial charge is 0.129 e. The maximum atomic E-state index is 11.7. The molecular weight excluding hydrogens is 298 g/mol. The Kier molecular flexibility index (Phi) is 3.90. The number of hydrogen-bond donors (Lipinski definition) is 3. The van der Waals surface area contributed by atoms with Crippen molar-refractivity contribution < 1.29 is 5.11 Å². The first kappa shape index (κ1) is 15.2. The molecule has 0 amide bonds. The number of piperidine rings is 1. The molecule has 0 aromatic carbocycles. The molecule has 4 N–H and O–H groups in total. The van der Waals surface area contributed by atoms with Crippen molar-refractivity contribution in [2.24, 2.45) is 28.5 Å². The van der Waals surface area contributed by atoms with Gasteiger partial charge in [0.2, 0.25) is 0 Å². The highest BCUT2D eigenvalue weighted by Crippen LogP contribution is 2.50. The van der Waals surface area contributed by atoms with Gasteiger partial charge in [-0.1, -0.05) is 12.8 Å². The van der Waals surface area contributed by atoms with E-state index in [1.165, 1.54) is 25.7 Å². The maximum Gasteiger partial charge on any atom is 0.129 e. The minimum absolute atomic E-state index is 0.134. The molecule has 7 unspecified atom stereocenters. The van der Waals surface area contributed by atoms with Crippen LogP contribution in [0.4, 0.5) is 0 Å². The van der Waals surface area contributed by atoms with E-state index >= 15 is 0 Å². The lowest BCUT2D eigenvalue weighted by molar-refractivity contribution is -0.0639. The third-order valence-electron chi connectivity index (χ3n) is 6.79. The molecule has 5 heteroatoms. The second-order valence-electron chi connectivity index (χ2n) is 7.83. The zero-order chi connectivity index (χ0) is 15.3. The summed E-state index contributed by atoms with van der Waals surface area (Å²) < 4.78 is 0. The SMILES string of the molecule is NC1=NC2CCC(Cl)CC2C1(O)C1CCNC2CCCCC21. The number of nitrogens with one attached hydrogen (secondary N) is 1. The fourth-order valence-corrected chi connectivity index (χ4v) is 6.06. The van der Waals surface area contributed by atoms with E-state index in [0.29, 0.717) is 17.8 Å². The number of hydrogen-bond acceptors (Lipinski definition) is 4. The van der Waals surface area contributed by atoms with Crippen LogP contribution in [0, 0.1) is 17.8 Å². The highest BCUT2D eigenvalue weighted by molar-refractivity contribution is 6.20. The molecule has 2 aliphatic carbocycles. The van der Waals surface area contributed by atoms with E-state index in [2.05, 4.69) is 10.3 Å². The van der Waals surface area contributed by atoms with Gasteiger partial charge in [-0.05, 0) is 51.0 Å². The van der Waals surface area contributed by atoms with Crippen LogP contribution in [0.25, 0.3) is 0 Å². The van der Waals surface area contributed by atoms with Crippen LogP contribution in [0.15, 0.2) is 4.99 Å². The molecule has 2 heterocycles. The Morgan fingerprint density at radius 2 is 1.95 bits per heavy atom. The minimum Gasteiger partial charge on any atom is -0.385 e. The summed E-state index contributed by atoms with van der Waals surface area (Å²) in [6.07, 6.45) is 8.85. The Morgan fingerprint density at radius 3 is 2.82 bits per heavy atom. The molecule has 124 valence electrons. The Morgan fingerprint density at radius 1 is 1.14 bits per heavy atom. The Bertz CT molecular complexity index is 469. The summed E-state index contributed by atoms with van der Waals surface area (Å²) in [5.74, 6) is 1.43. The second kappa shape index (κ2) is 5.64. The number of amidine groups is 1. The summed E-state index contributed by atoms with van der Waals surface area (Å²) in [4.78, 5) is 4.68. The monoisotopic (exact) mass is 325 g/mol. The van der Waals surface area contributed by atoms with Crippen LogP contribution in [-0.2, 0) is 0 Å². The average molecular weight is 326 g/mol. The van der Waals surface area contributed by atoms with Crippen LogP contribution in [0.3, 0.4) is 0 Å². The van der Waals surface area contributed by atoms with Gasteiger partial charge in [0.25, 0.3) is 0 Å². The van der Waals surface area contributed by atoms with Gasteiger partial charge < -0.3 is 16.2 Å². The van der Waals surface area contributed by atoms with Gasteiger partial charge >= 0.3 is 0 Å². The molecule has 4 nitrogen and oxygen atoms in total. The van der Waals surface area contributed by atoms with Gasteiger partial charge in [-0.2, -0.15) is 0 Å². The molecule has 0 bridgehead atoms. The summed E-state index contributed by atoms with van der Waals surface area (Å²) >= 11 is 6.42. The molecular formula is C17H28ClN3O. The van der Waals surface area contributed by atoms with Crippen LogP contribution in [-0.4, -0.2) is 40.5 Å². The summed E-state index contributed by atoms with van der Waals surface area (Å²) in [6, 6.07) is 0.746. The van der Waals surface area contributed by atoms with Crippen molar-refractivity contribution in [3.05, 3.63) is 0 Å². The third kappa shape index (κ3) is 2.22. The summed E-state index contributed by atoms with van der Waals surface area (Å²) in [5.41, 5.74) is 5.39. The quantitative estimate of drug-likeness (QED) is 0.646. The number of alkyl halides is 1. The van der Waals surface area contributed by atoms with E-state index in [1.807, 2.05) is 0 Å². The molecule has 0 aromatic heterocycles. The predicted molar refractivity (Wildman–Crippen MR) is 89.2 cm³/mol. The van der Waals surface area contributed by atoms with Crippen LogP contribution < -0.4 is 11.1 Å². The van der Waals surface area contributed by atoms with Crippen LogP contribution in [0.5, 0.6) is 0 Å². The highest BCUT2D eigenvalue weighted by Gasteiger charge is 2.58. The van der Waals surface area contributed by atoms with Crippen molar-refractivity contribution in [2.75, 3.05) is 6.54 Å². The summed E-state index contributed by atoms with van der Waals surface area (Å²) in [7, 11) is 0. The van der Waals surface area contributed by atoms with E-state index in [1.54, 1.807) is 0 Å². The number of halogens is 1. The number of nitrogens with two attached hydrogens (primary N) is 1. The lowest BCUT2D eigenvalue weighted by Gasteiger charge is -2.50. The van der Waals surface area contributed by atoms with Gasteiger partial charge in [-0.3, -0.25) is 4.99 Å². The molecule has 4 aliphatic rings. The van der Waals surface area contributed by atoms with Gasteiger partial charge in [0, 0.05) is 23.3 Å². The summed E-state index contributed by atoms with van der Waals surface area (Å²) in [6.45, 7) is 0.989.